The first-order valence-electron chi connectivity index (χ1n) is 20.5. The van der Waals surface area contributed by atoms with E-state index in [2.05, 4.69) is 12.1 Å². The molecule has 10 rings (SSSR count). The van der Waals surface area contributed by atoms with E-state index in [4.69, 9.17) is 0 Å². The molecule has 1 aromatic heterocycles. The smallest absolute Gasteiger partial charge is 0.309 e. The lowest BCUT2D eigenvalue weighted by Crippen LogP contribution is -2.11. The van der Waals surface area contributed by atoms with E-state index >= 15 is 0 Å². The molecule has 0 saturated carbocycles. The number of rotatable bonds is 5. The third kappa shape index (κ3) is 7.91. The fourth-order valence-corrected chi connectivity index (χ4v) is 8.92. The average molecular weight is 920 g/mol. The van der Waals surface area contributed by atoms with Crippen LogP contribution in [-0.2, 0) is 24.7 Å². The Kier molecular flexibility index (Phi) is 10.1. The third-order valence-electron chi connectivity index (χ3n) is 12.0. The molecule has 0 radical (unpaired) electrons. The van der Waals surface area contributed by atoms with E-state index in [1.807, 2.05) is 89.5 Å². The first kappa shape index (κ1) is 43.4. The van der Waals surface area contributed by atoms with Crippen molar-refractivity contribution in [2.24, 2.45) is 0 Å². The first-order valence-corrected chi connectivity index (χ1v) is 20.5. The molecule has 0 fully saturated rings. The van der Waals surface area contributed by atoms with Gasteiger partial charge in [0.2, 0.25) is 0 Å². The molecule has 334 valence electrons. The zero-order chi connectivity index (χ0) is 47.2. The summed E-state index contributed by atoms with van der Waals surface area (Å²) in [6.45, 7) is 0. The van der Waals surface area contributed by atoms with Crippen LogP contribution >= 0.6 is 0 Å². The Labute approximate surface area is 372 Å². The van der Waals surface area contributed by atoms with E-state index in [1.54, 1.807) is 6.07 Å². The summed E-state index contributed by atoms with van der Waals surface area (Å²) in [6.07, 6.45) is -20.6. The Morgan fingerprint density at radius 2 is 0.672 bits per heavy atom. The fourth-order valence-electron chi connectivity index (χ4n) is 8.92. The molecule has 9 aromatic carbocycles. The Bertz CT molecular complexity index is 3380. The summed E-state index contributed by atoms with van der Waals surface area (Å²) in [4.78, 5) is 0. The van der Waals surface area contributed by atoms with Crippen molar-refractivity contribution >= 4 is 43.4 Å². The monoisotopic (exact) mass is 919 g/mol. The van der Waals surface area contributed by atoms with Crippen LogP contribution in [-0.4, -0.2) is 4.57 Å². The van der Waals surface area contributed by atoms with Gasteiger partial charge in [-0.1, -0.05) is 97.1 Å². The zero-order valence-electron chi connectivity index (χ0n) is 34.2. The van der Waals surface area contributed by atoms with Crippen LogP contribution in [0.4, 0.5) is 52.7 Å². The van der Waals surface area contributed by atoms with Crippen LogP contribution in [0.3, 0.4) is 0 Å². The van der Waals surface area contributed by atoms with Gasteiger partial charge in [0.25, 0.3) is 0 Å². The van der Waals surface area contributed by atoms with E-state index < -0.39 is 58.1 Å². The van der Waals surface area contributed by atoms with E-state index in [0.717, 1.165) is 38.2 Å². The van der Waals surface area contributed by atoms with Gasteiger partial charge in [0.1, 0.15) is 0 Å². The molecule has 0 bridgehead atoms. The molecule has 0 saturated heterocycles. The molecule has 67 heavy (non-hydrogen) atoms. The Hall–Kier alpha value is -7.54. The Morgan fingerprint density at radius 3 is 1.13 bits per heavy atom. The minimum Gasteiger partial charge on any atom is -0.309 e. The molecule has 0 N–H and O–H groups in total. The maximum atomic E-state index is 14.1. The minimum atomic E-state index is -5.15. The maximum Gasteiger partial charge on any atom is 0.416 e. The highest BCUT2D eigenvalue weighted by atomic mass is 19.4. The van der Waals surface area contributed by atoms with Crippen LogP contribution in [0.5, 0.6) is 0 Å². The molecule has 13 heteroatoms. The topological polar surface area (TPSA) is 4.93 Å². The number of hydrogen-bond donors (Lipinski definition) is 0. The molecule has 0 aliphatic heterocycles. The normalized spacial score (nSPS) is 12.8. The number of benzene rings is 9. The van der Waals surface area contributed by atoms with Gasteiger partial charge in [-0.05, 0) is 139 Å². The highest BCUT2D eigenvalue weighted by Crippen LogP contribution is 2.46. The maximum absolute atomic E-state index is 14.1. The molecule has 0 aliphatic rings. The van der Waals surface area contributed by atoms with Gasteiger partial charge in [-0.25, -0.2) is 0 Å². The van der Waals surface area contributed by atoms with Gasteiger partial charge in [-0.2, -0.15) is 52.7 Å². The predicted octanol–water partition coefficient (Wildman–Crippen LogP) is 17.8. The summed E-state index contributed by atoms with van der Waals surface area (Å²) < 4.78 is 171. The number of alkyl halides is 12. The fraction of sp³-hybridized carbons (Fsp3) is 0.0741. The highest BCUT2D eigenvalue weighted by Gasteiger charge is 2.38. The SMILES string of the molecule is FC(F)(F)c1cc(-c2ccc3c(c2)c2cc(-c4cc(C(F)(F)F)cc(C(F)(F)F)c4)ccc2n3-c2ccccc2-c2ccc(-c3ccccc3)c3cc4ccccc4cc23)cc(C(F)(F)F)c1. The average Bonchev–Trinajstić information content (AvgIpc) is 3.62. The molecule has 1 nitrogen and oxygen atoms in total. The summed E-state index contributed by atoms with van der Waals surface area (Å²) in [5, 5.41) is 4.27. The van der Waals surface area contributed by atoms with Crippen molar-refractivity contribution in [1.82, 2.24) is 4.57 Å². The number of aromatic nitrogens is 1. The number of halogens is 12. The van der Waals surface area contributed by atoms with Crippen LogP contribution in [0.15, 0.2) is 176 Å². The molecular formula is C54H29F12N. The van der Waals surface area contributed by atoms with Gasteiger partial charge in [0, 0.05) is 16.3 Å². The van der Waals surface area contributed by atoms with E-state index in [-0.39, 0.29) is 34.0 Å². The van der Waals surface area contributed by atoms with E-state index in [9.17, 15) is 52.7 Å². The van der Waals surface area contributed by atoms with Gasteiger partial charge in [-0.15, -0.1) is 0 Å². The lowest BCUT2D eigenvalue weighted by atomic mass is 9.89. The summed E-state index contributed by atoms with van der Waals surface area (Å²) in [5.74, 6) is 0. The number of fused-ring (bicyclic) bond motifs is 5. The van der Waals surface area contributed by atoms with E-state index in [0.29, 0.717) is 46.5 Å². The molecule has 1 heterocycles. The first-order chi connectivity index (χ1) is 31.7. The molecular weight excluding hydrogens is 891 g/mol. The van der Waals surface area contributed by atoms with Crippen molar-refractivity contribution in [3.63, 3.8) is 0 Å². The van der Waals surface area contributed by atoms with Crippen molar-refractivity contribution in [2.75, 3.05) is 0 Å². The van der Waals surface area contributed by atoms with Gasteiger partial charge < -0.3 is 4.57 Å². The second-order valence-electron chi connectivity index (χ2n) is 16.2. The number of hydrogen-bond acceptors (Lipinski definition) is 0. The Morgan fingerprint density at radius 1 is 0.269 bits per heavy atom. The highest BCUT2D eigenvalue weighted by molar-refractivity contribution is 6.14. The minimum absolute atomic E-state index is 0.0142. The number of nitrogens with zero attached hydrogens (tertiary/aromatic N) is 1. The number of para-hydroxylation sites is 1. The van der Waals surface area contributed by atoms with Crippen molar-refractivity contribution in [3.05, 3.63) is 198 Å². The van der Waals surface area contributed by atoms with Gasteiger partial charge in [0.05, 0.1) is 39.0 Å². The molecule has 0 amide bonds. The summed E-state index contributed by atoms with van der Waals surface area (Å²) in [7, 11) is 0. The molecule has 0 spiro atoms. The largest absolute Gasteiger partial charge is 0.416 e. The molecule has 0 aliphatic carbocycles. The van der Waals surface area contributed by atoms with Crippen molar-refractivity contribution < 1.29 is 52.7 Å². The molecule has 0 atom stereocenters. The van der Waals surface area contributed by atoms with Gasteiger partial charge in [-0.3, -0.25) is 0 Å². The van der Waals surface area contributed by atoms with Crippen molar-refractivity contribution in [1.29, 1.82) is 0 Å². The van der Waals surface area contributed by atoms with Crippen LogP contribution in [0.25, 0.3) is 93.5 Å². The van der Waals surface area contributed by atoms with Crippen LogP contribution in [0, 0.1) is 0 Å². The Balaban J connectivity index is 1.26. The summed E-state index contributed by atoms with van der Waals surface area (Å²) >= 11 is 0. The zero-order valence-corrected chi connectivity index (χ0v) is 34.2. The third-order valence-corrected chi connectivity index (χ3v) is 12.0. The summed E-state index contributed by atoms with van der Waals surface area (Å²) in [6, 6.07) is 44.1. The van der Waals surface area contributed by atoms with Crippen LogP contribution in [0.2, 0.25) is 0 Å². The van der Waals surface area contributed by atoms with Crippen molar-refractivity contribution in [2.45, 2.75) is 24.7 Å². The standard InChI is InChI=1S/C54H29F12N/c55-51(56,57)37-20-35(21-38(28-37)52(58,59)60)33-14-18-49-46(26-33)47-27-34(36-22-39(53(61,62)63)29-40(23-36)54(64,65)66)15-19-50(47)67(49)48-13-7-6-12-43(48)42-17-16-41(30-8-2-1-3-9-30)44-24-31-10-4-5-11-32(31)25-45(42)44/h1-29H. The van der Waals surface area contributed by atoms with Crippen LogP contribution in [0.1, 0.15) is 22.3 Å². The molecule has 10 aromatic rings. The van der Waals surface area contributed by atoms with E-state index in [1.165, 1.54) is 36.4 Å². The summed E-state index contributed by atoms with van der Waals surface area (Å²) in [5.41, 5.74) is -2.35. The lowest BCUT2D eigenvalue weighted by Gasteiger charge is -2.18. The lowest BCUT2D eigenvalue weighted by molar-refractivity contribution is -0.144. The second kappa shape index (κ2) is 15.5. The quantitative estimate of drug-likeness (QED) is 0.120. The molecule has 0 unspecified atom stereocenters. The van der Waals surface area contributed by atoms with Gasteiger partial charge in [0.15, 0.2) is 0 Å². The van der Waals surface area contributed by atoms with Gasteiger partial charge >= 0.3 is 24.7 Å². The van der Waals surface area contributed by atoms with Crippen LogP contribution < -0.4 is 0 Å². The second-order valence-corrected chi connectivity index (χ2v) is 16.2. The van der Waals surface area contributed by atoms with Crippen molar-refractivity contribution in [3.8, 4) is 50.2 Å². The predicted molar refractivity (Wildman–Crippen MR) is 238 cm³/mol.